The topological polar surface area (TPSA) is 82.6 Å². The van der Waals surface area contributed by atoms with Crippen LogP contribution in [0.4, 0.5) is 4.79 Å². The van der Waals surface area contributed by atoms with Gasteiger partial charge in [-0.15, -0.1) is 0 Å². The van der Waals surface area contributed by atoms with Gasteiger partial charge in [-0.1, -0.05) is 66.7 Å². The minimum atomic E-state index is -1.07. The molecule has 0 spiro atoms. The number of aryl methyl sites for hydroxylation is 1. The van der Waals surface area contributed by atoms with E-state index in [1.165, 1.54) is 11.9 Å². The summed E-state index contributed by atoms with van der Waals surface area (Å²) in [6.07, 6.45) is 1.35. The Morgan fingerprint density at radius 1 is 1.00 bits per heavy atom. The highest BCUT2D eigenvalue weighted by Gasteiger charge is 2.32. The first kappa shape index (κ1) is 21.8. The van der Waals surface area contributed by atoms with E-state index in [9.17, 15) is 14.7 Å². The molecule has 6 nitrogen and oxygen atoms in total. The summed E-state index contributed by atoms with van der Waals surface area (Å²) < 4.78 is 5.67. The molecule has 0 fully saturated rings. The lowest BCUT2D eigenvalue weighted by Crippen LogP contribution is -2.44. The molecule has 5 rings (SSSR count). The van der Waals surface area contributed by atoms with E-state index in [0.717, 1.165) is 44.3 Å². The van der Waals surface area contributed by atoms with E-state index in [1.807, 2.05) is 55.6 Å². The lowest BCUT2D eigenvalue weighted by Gasteiger charge is -2.25. The monoisotopic (exact) mass is 454 g/mol. The molecule has 1 atom stereocenters. The number of carbonyl (C=O) groups is 2. The molecule has 34 heavy (non-hydrogen) atoms. The molecule has 1 aromatic heterocycles. The fourth-order valence-electron chi connectivity index (χ4n) is 4.95. The number of aromatic nitrogens is 1. The third-order valence-corrected chi connectivity index (χ3v) is 6.80. The highest BCUT2D eigenvalue weighted by Crippen LogP contribution is 2.44. The summed E-state index contributed by atoms with van der Waals surface area (Å²) in [4.78, 5) is 29.5. The normalized spacial score (nSPS) is 13.4. The number of likely N-dealkylation sites (N-methyl/N-ethyl adjacent to an activating group) is 1. The Morgan fingerprint density at radius 3 is 2.29 bits per heavy atom. The number of aromatic amines is 1. The average molecular weight is 455 g/mol. The van der Waals surface area contributed by atoms with Crippen LogP contribution in [0.15, 0.2) is 72.9 Å². The summed E-state index contributed by atoms with van der Waals surface area (Å²) in [6, 6.07) is 21.1. The number of ether oxygens (including phenoxy) is 1. The number of hydrogen-bond acceptors (Lipinski definition) is 3. The standard InChI is InChI=1S/C28H26N2O4/c1-17-8-7-13-19-18(15-29-26(17)19)14-25(27(31)32)30(2)28(33)34-16-24-22-11-5-3-9-20(22)21-10-4-6-12-23(21)24/h3-13,15,24-25,29H,14,16H2,1-2H3,(H,31,32)/t25-/m0/s1. The van der Waals surface area contributed by atoms with Gasteiger partial charge in [0.1, 0.15) is 12.6 Å². The van der Waals surface area contributed by atoms with Crippen molar-refractivity contribution in [1.82, 2.24) is 9.88 Å². The summed E-state index contributed by atoms with van der Waals surface area (Å²) in [5, 5.41) is 10.9. The van der Waals surface area contributed by atoms with E-state index in [-0.39, 0.29) is 18.9 Å². The Bertz CT molecular complexity index is 1340. The van der Waals surface area contributed by atoms with Gasteiger partial charge in [-0.25, -0.2) is 9.59 Å². The number of carboxylic acid groups (broad SMARTS) is 1. The molecular formula is C28H26N2O4. The second-order valence-electron chi connectivity index (χ2n) is 8.78. The Hall–Kier alpha value is -4.06. The molecule has 1 amide bonds. The number of benzene rings is 3. The zero-order valence-electron chi connectivity index (χ0n) is 19.1. The van der Waals surface area contributed by atoms with Gasteiger partial charge >= 0.3 is 12.1 Å². The number of fused-ring (bicyclic) bond motifs is 4. The number of amides is 1. The van der Waals surface area contributed by atoms with Crippen molar-refractivity contribution in [3.63, 3.8) is 0 Å². The van der Waals surface area contributed by atoms with Crippen LogP contribution in [0.1, 0.15) is 28.2 Å². The van der Waals surface area contributed by atoms with Crippen LogP contribution in [-0.4, -0.2) is 46.7 Å². The van der Waals surface area contributed by atoms with Crippen LogP contribution < -0.4 is 0 Å². The van der Waals surface area contributed by atoms with Crippen molar-refractivity contribution < 1.29 is 19.4 Å². The van der Waals surface area contributed by atoms with Gasteiger partial charge in [0.15, 0.2) is 0 Å². The molecule has 0 saturated heterocycles. The number of H-pyrrole nitrogens is 1. The van der Waals surface area contributed by atoms with Crippen LogP contribution in [0.5, 0.6) is 0 Å². The van der Waals surface area contributed by atoms with E-state index < -0.39 is 18.1 Å². The fraction of sp³-hybridized carbons (Fsp3) is 0.214. The minimum absolute atomic E-state index is 0.0791. The second kappa shape index (κ2) is 8.71. The van der Waals surface area contributed by atoms with Crippen molar-refractivity contribution in [2.75, 3.05) is 13.7 Å². The van der Waals surface area contributed by atoms with Gasteiger partial charge in [0, 0.05) is 36.5 Å². The molecule has 1 aliphatic carbocycles. The number of carbonyl (C=O) groups excluding carboxylic acids is 1. The van der Waals surface area contributed by atoms with Gasteiger partial charge in [0.25, 0.3) is 0 Å². The highest BCUT2D eigenvalue weighted by atomic mass is 16.6. The largest absolute Gasteiger partial charge is 0.480 e. The van der Waals surface area contributed by atoms with Gasteiger partial charge < -0.3 is 14.8 Å². The first-order valence-corrected chi connectivity index (χ1v) is 11.3. The maximum Gasteiger partial charge on any atom is 0.410 e. The van der Waals surface area contributed by atoms with Gasteiger partial charge in [0.05, 0.1) is 0 Å². The van der Waals surface area contributed by atoms with Crippen molar-refractivity contribution in [1.29, 1.82) is 0 Å². The quantitative estimate of drug-likeness (QED) is 0.411. The number of rotatable bonds is 6. The van der Waals surface area contributed by atoms with Crippen molar-refractivity contribution in [2.45, 2.75) is 25.3 Å². The Morgan fingerprint density at radius 2 is 1.65 bits per heavy atom. The lowest BCUT2D eigenvalue weighted by molar-refractivity contribution is -0.142. The summed E-state index contributed by atoms with van der Waals surface area (Å²) >= 11 is 0. The molecule has 0 aliphatic heterocycles. The van der Waals surface area contributed by atoms with Crippen LogP contribution in [-0.2, 0) is 16.0 Å². The molecule has 0 bridgehead atoms. The third-order valence-electron chi connectivity index (χ3n) is 6.80. The van der Waals surface area contributed by atoms with Crippen molar-refractivity contribution >= 4 is 23.0 Å². The van der Waals surface area contributed by atoms with Crippen LogP contribution in [0.3, 0.4) is 0 Å². The summed E-state index contributed by atoms with van der Waals surface area (Å²) in [6.45, 7) is 2.15. The predicted octanol–water partition coefficient (Wildman–Crippen LogP) is 5.35. The number of nitrogens with zero attached hydrogens (tertiary/aromatic N) is 1. The molecule has 0 radical (unpaired) electrons. The second-order valence-corrected chi connectivity index (χ2v) is 8.78. The zero-order valence-corrected chi connectivity index (χ0v) is 19.1. The SMILES string of the molecule is Cc1cccc2c(C[C@@H](C(=O)O)N(C)C(=O)OCC3c4ccccc4-c4ccccc43)c[nH]c12. The molecule has 1 heterocycles. The van der Waals surface area contributed by atoms with Crippen molar-refractivity contribution in [2.24, 2.45) is 0 Å². The van der Waals surface area contributed by atoms with Crippen LogP contribution in [0, 0.1) is 6.92 Å². The number of nitrogens with one attached hydrogen (secondary N) is 1. The van der Waals surface area contributed by atoms with Crippen molar-refractivity contribution in [3.05, 3.63) is 95.2 Å². The number of aliphatic carboxylic acids is 1. The maximum atomic E-state index is 12.9. The molecule has 2 N–H and O–H groups in total. The highest BCUT2D eigenvalue weighted by molar-refractivity contribution is 5.87. The first-order valence-electron chi connectivity index (χ1n) is 11.3. The number of carboxylic acids is 1. The molecule has 172 valence electrons. The van der Waals surface area contributed by atoms with E-state index in [4.69, 9.17) is 4.74 Å². The fourth-order valence-corrected chi connectivity index (χ4v) is 4.95. The van der Waals surface area contributed by atoms with Crippen LogP contribution in [0.25, 0.3) is 22.0 Å². The molecular weight excluding hydrogens is 428 g/mol. The molecule has 0 saturated carbocycles. The van der Waals surface area contributed by atoms with Crippen LogP contribution in [0.2, 0.25) is 0 Å². The van der Waals surface area contributed by atoms with Gasteiger partial charge in [0.2, 0.25) is 0 Å². The average Bonchev–Trinajstić information content (AvgIpc) is 3.40. The van der Waals surface area contributed by atoms with Crippen molar-refractivity contribution in [3.8, 4) is 11.1 Å². The maximum absolute atomic E-state index is 12.9. The number of hydrogen-bond donors (Lipinski definition) is 2. The van der Waals surface area contributed by atoms with Gasteiger partial charge in [-0.3, -0.25) is 4.90 Å². The van der Waals surface area contributed by atoms with Gasteiger partial charge in [-0.2, -0.15) is 0 Å². The Kier molecular flexibility index (Phi) is 5.57. The Labute approximate surface area is 197 Å². The van der Waals surface area contributed by atoms with E-state index in [2.05, 4.69) is 29.2 Å². The first-order chi connectivity index (χ1) is 16.5. The number of para-hydroxylation sites is 1. The molecule has 3 aromatic carbocycles. The third kappa shape index (κ3) is 3.71. The molecule has 0 unspecified atom stereocenters. The predicted molar refractivity (Wildman–Crippen MR) is 131 cm³/mol. The smallest absolute Gasteiger partial charge is 0.410 e. The molecule has 6 heteroatoms. The van der Waals surface area contributed by atoms with Gasteiger partial charge in [-0.05, 0) is 40.3 Å². The summed E-state index contributed by atoms with van der Waals surface area (Å²) in [5.74, 6) is -1.15. The Balaban J connectivity index is 1.33. The lowest BCUT2D eigenvalue weighted by atomic mass is 9.98. The minimum Gasteiger partial charge on any atom is -0.480 e. The zero-order chi connectivity index (χ0) is 23.8. The summed E-state index contributed by atoms with van der Waals surface area (Å²) in [5.41, 5.74) is 7.43. The molecule has 1 aliphatic rings. The van der Waals surface area contributed by atoms with E-state index in [1.54, 1.807) is 0 Å². The van der Waals surface area contributed by atoms with E-state index in [0.29, 0.717) is 0 Å². The van der Waals surface area contributed by atoms with E-state index >= 15 is 0 Å². The van der Waals surface area contributed by atoms with Crippen LogP contribution >= 0.6 is 0 Å². The summed E-state index contributed by atoms with van der Waals surface area (Å²) in [7, 11) is 1.48. The molecule has 4 aromatic rings.